The Morgan fingerprint density at radius 2 is 1.85 bits per heavy atom. The second-order valence-electron chi connectivity index (χ2n) is 6.13. The molecule has 1 aromatic carbocycles. The van der Waals surface area contributed by atoms with Crippen molar-refractivity contribution in [3.63, 3.8) is 0 Å². The van der Waals surface area contributed by atoms with Crippen molar-refractivity contribution in [1.82, 2.24) is 20.1 Å². The quantitative estimate of drug-likeness (QED) is 0.665. The normalized spacial score (nSPS) is 10.8. The maximum absolute atomic E-state index is 12.7. The Morgan fingerprint density at radius 1 is 1.08 bits per heavy atom. The molecule has 2 heterocycles. The summed E-state index contributed by atoms with van der Waals surface area (Å²) in [5.74, 6) is -0.309. The topological polar surface area (TPSA) is 76.9 Å². The predicted octanol–water partition coefficient (Wildman–Crippen LogP) is 2.91. The van der Waals surface area contributed by atoms with Gasteiger partial charge in [-0.3, -0.25) is 14.6 Å². The average Bonchev–Trinajstić information content (AvgIpc) is 2.69. The molecule has 0 spiro atoms. The van der Waals surface area contributed by atoms with Gasteiger partial charge in [-0.1, -0.05) is 44.0 Å². The molecule has 2 aromatic heterocycles. The molecule has 26 heavy (non-hydrogen) atoms. The number of hydrogen-bond donors (Lipinski definition) is 1. The highest BCUT2D eigenvalue weighted by atomic mass is 16.2. The van der Waals surface area contributed by atoms with Gasteiger partial charge in [0.25, 0.3) is 11.5 Å². The summed E-state index contributed by atoms with van der Waals surface area (Å²) >= 11 is 0. The molecule has 6 heteroatoms. The summed E-state index contributed by atoms with van der Waals surface area (Å²) in [7, 11) is 0. The lowest BCUT2D eigenvalue weighted by molar-refractivity contribution is 0.0945. The second-order valence-corrected chi connectivity index (χ2v) is 6.13. The monoisotopic (exact) mass is 350 g/mol. The molecule has 0 aliphatic rings. The first kappa shape index (κ1) is 17.8. The number of amides is 1. The Morgan fingerprint density at radius 3 is 2.58 bits per heavy atom. The molecule has 0 saturated carbocycles. The molecule has 0 atom stereocenters. The van der Waals surface area contributed by atoms with E-state index in [4.69, 9.17) is 0 Å². The maximum Gasteiger partial charge on any atom is 0.274 e. The molecular formula is C20H22N4O2. The van der Waals surface area contributed by atoms with E-state index in [0.29, 0.717) is 23.9 Å². The van der Waals surface area contributed by atoms with Gasteiger partial charge in [-0.15, -0.1) is 0 Å². The maximum atomic E-state index is 12.7. The number of carbonyl (C=O) groups is 1. The van der Waals surface area contributed by atoms with E-state index in [1.54, 1.807) is 30.5 Å². The molecule has 0 saturated heterocycles. The summed E-state index contributed by atoms with van der Waals surface area (Å²) in [6.07, 6.45) is 4.61. The highest BCUT2D eigenvalue weighted by Crippen LogP contribution is 2.13. The SMILES string of the molecule is CCCCCn1nc(C(=O)NCc2ccccn2)c2ccccc2c1=O. The van der Waals surface area contributed by atoms with Crippen LogP contribution in [-0.2, 0) is 13.1 Å². The van der Waals surface area contributed by atoms with Crippen LogP contribution in [0.15, 0.2) is 53.5 Å². The van der Waals surface area contributed by atoms with E-state index in [2.05, 4.69) is 22.3 Å². The van der Waals surface area contributed by atoms with E-state index in [1.165, 1.54) is 4.68 Å². The van der Waals surface area contributed by atoms with Gasteiger partial charge in [0.05, 0.1) is 17.6 Å². The van der Waals surface area contributed by atoms with Crippen LogP contribution in [0.5, 0.6) is 0 Å². The van der Waals surface area contributed by atoms with Crippen LogP contribution in [0.1, 0.15) is 42.4 Å². The number of benzene rings is 1. The van der Waals surface area contributed by atoms with Gasteiger partial charge < -0.3 is 5.32 Å². The zero-order valence-electron chi connectivity index (χ0n) is 14.8. The van der Waals surface area contributed by atoms with Crippen molar-refractivity contribution in [2.45, 2.75) is 39.3 Å². The van der Waals surface area contributed by atoms with Gasteiger partial charge in [-0.25, -0.2) is 4.68 Å². The Hall–Kier alpha value is -3.02. The van der Waals surface area contributed by atoms with Crippen LogP contribution in [0.4, 0.5) is 0 Å². The number of hydrogen-bond acceptors (Lipinski definition) is 4. The fourth-order valence-corrected chi connectivity index (χ4v) is 2.82. The van der Waals surface area contributed by atoms with Gasteiger partial charge in [-0.2, -0.15) is 5.10 Å². The van der Waals surface area contributed by atoms with Gasteiger partial charge in [0.15, 0.2) is 5.69 Å². The smallest absolute Gasteiger partial charge is 0.274 e. The van der Waals surface area contributed by atoms with Crippen molar-refractivity contribution >= 4 is 16.7 Å². The zero-order chi connectivity index (χ0) is 18.4. The van der Waals surface area contributed by atoms with Crippen molar-refractivity contribution in [1.29, 1.82) is 0 Å². The van der Waals surface area contributed by atoms with Crippen LogP contribution < -0.4 is 10.9 Å². The number of aryl methyl sites for hydroxylation is 1. The molecule has 3 rings (SSSR count). The molecule has 0 aliphatic carbocycles. The van der Waals surface area contributed by atoms with Crippen LogP contribution >= 0.6 is 0 Å². The summed E-state index contributed by atoms with van der Waals surface area (Å²) < 4.78 is 1.41. The van der Waals surface area contributed by atoms with Gasteiger partial charge >= 0.3 is 0 Å². The third-order valence-corrected chi connectivity index (χ3v) is 4.21. The number of carbonyl (C=O) groups excluding carboxylic acids is 1. The Balaban J connectivity index is 1.91. The van der Waals surface area contributed by atoms with Gasteiger partial charge in [-0.05, 0) is 24.6 Å². The van der Waals surface area contributed by atoms with Crippen LogP contribution in [-0.4, -0.2) is 20.7 Å². The molecular weight excluding hydrogens is 328 g/mol. The number of nitrogens with zero attached hydrogens (tertiary/aromatic N) is 3. The van der Waals surface area contributed by atoms with Crippen molar-refractivity contribution in [2.75, 3.05) is 0 Å². The average molecular weight is 350 g/mol. The third kappa shape index (κ3) is 3.96. The van der Waals surface area contributed by atoms with E-state index in [9.17, 15) is 9.59 Å². The number of rotatable bonds is 7. The molecule has 6 nitrogen and oxygen atoms in total. The van der Waals surface area contributed by atoms with E-state index in [-0.39, 0.29) is 17.2 Å². The van der Waals surface area contributed by atoms with Crippen molar-refractivity contribution in [3.05, 3.63) is 70.4 Å². The fraction of sp³-hybridized carbons (Fsp3) is 0.300. The molecule has 134 valence electrons. The Bertz CT molecular complexity index is 951. The van der Waals surface area contributed by atoms with Crippen LogP contribution in [0, 0.1) is 0 Å². The molecule has 0 unspecified atom stereocenters. The van der Waals surface area contributed by atoms with Crippen LogP contribution in [0.25, 0.3) is 10.8 Å². The van der Waals surface area contributed by atoms with E-state index in [1.807, 2.05) is 18.2 Å². The number of aromatic nitrogens is 3. The summed E-state index contributed by atoms with van der Waals surface area (Å²) in [5.41, 5.74) is 0.882. The Kier molecular flexibility index (Phi) is 5.73. The van der Waals surface area contributed by atoms with E-state index in [0.717, 1.165) is 25.0 Å². The highest BCUT2D eigenvalue weighted by molar-refractivity contribution is 6.04. The molecule has 0 radical (unpaired) electrons. The van der Waals surface area contributed by atoms with Crippen molar-refractivity contribution in [2.24, 2.45) is 0 Å². The zero-order valence-corrected chi connectivity index (χ0v) is 14.8. The first-order valence-electron chi connectivity index (χ1n) is 8.88. The van der Waals surface area contributed by atoms with Crippen molar-refractivity contribution < 1.29 is 4.79 Å². The van der Waals surface area contributed by atoms with Gasteiger partial charge in [0.1, 0.15) is 0 Å². The molecule has 3 aromatic rings. The highest BCUT2D eigenvalue weighted by Gasteiger charge is 2.16. The minimum atomic E-state index is -0.309. The van der Waals surface area contributed by atoms with Crippen molar-refractivity contribution in [3.8, 4) is 0 Å². The summed E-state index contributed by atoms with van der Waals surface area (Å²) in [4.78, 5) is 29.5. The molecule has 0 bridgehead atoms. The fourth-order valence-electron chi connectivity index (χ4n) is 2.82. The summed E-state index contributed by atoms with van der Waals surface area (Å²) in [6, 6.07) is 12.7. The molecule has 0 aliphatic heterocycles. The van der Waals surface area contributed by atoms with Gasteiger partial charge in [0, 0.05) is 18.1 Å². The standard InChI is InChI=1S/C20H22N4O2/c1-2-3-8-13-24-20(26)17-11-5-4-10-16(17)18(23-24)19(25)22-14-15-9-6-7-12-21-15/h4-7,9-12H,2-3,8,13-14H2,1H3,(H,22,25). The minimum Gasteiger partial charge on any atom is -0.345 e. The number of fused-ring (bicyclic) bond motifs is 1. The number of pyridine rings is 1. The first-order chi connectivity index (χ1) is 12.7. The summed E-state index contributed by atoms with van der Waals surface area (Å²) in [5, 5.41) is 8.29. The Labute approximate surface area is 151 Å². The minimum absolute atomic E-state index is 0.155. The van der Waals surface area contributed by atoms with E-state index < -0.39 is 0 Å². The van der Waals surface area contributed by atoms with Gasteiger partial charge in [0.2, 0.25) is 0 Å². The lowest BCUT2D eigenvalue weighted by Crippen LogP contribution is -2.30. The second kappa shape index (κ2) is 8.38. The molecule has 1 amide bonds. The predicted molar refractivity (Wildman–Crippen MR) is 101 cm³/mol. The largest absolute Gasteiger partial charge is 0.345 e. The van der Waals surface area contributed by atoms with Crippen LogP contribution in [0.2, 0.25) is 0 Å². The molecule has 0 fully saturated rings. The van der Waals surface area contributed by atoms with Crippen LogP contribution in [0.3, 0.4) is 0 Å². The number of unbranched alkanes of at least 4 members (excludes halogenated alkanes) is 2. The summed E-state index contributed by atoms with van der Waals surface area (Å²) in [6.45, 7) is 2.93. The lowest BCUT2D eigenvalue weighted by Gasteiger charge is -2.11. The first-order valence-corrected chi connectivity index (χ1v) is 8.88. The number of nitrogens with one attached hydrogen (secondary N) is 1. The van der Waals surface area contributed by atoms with E-state index >= 15 is 0 Å². The lowest BCUT2D eigenvalue weighted by atomic mass is 10.1. The molecule has 1 N–H and O–H groups in total. The third-order valence-electron chi connectivity index (χ3n) is 4.21.